The highest BCUT2D eigenvalue weighted by molar-refractivity contribution is 7.91. The van der Waals surface area contributed by atoms with Crippen molar-refractivity contribution in [3.05, 3.63) is 24.3 Å². The molecule has 2 fully saturated rings. The maximum Gasteiger partial charge on any atom is 0.238 e. The monoisotopic (exact) mass is 337 g/mol. The summed E-state index contributed by atoms with van der Waals surface area (Å²) in [5, 5.41) is 5.85. The third-order valence-corrected chi connectivity index (χ3v) is 6.17. The molecule has 1 unspecified atom stereocenters. The molecule has 3 rings (SSSR count). The summed E-state index contributed by atoms with van der Waals surface area (Å²) in [5.74, 6) is 0.193. The van der Waals surface area contributed by atoms with Gasteiger partial charge in [0.15, 0.2) is 9.84 Å². The minimum Gasteiger partial charge on any atom is -0.372 e. The molecular weight excluding hydrogens is 314 g/mol. The van der Waals surface area contributed by atoms with Gasteiger partial charge in [-0.2, -0.15) is 0 Å². The Labute approximate surface area is 137 Å². The first-order chi connectivity index (χ1) is 11.0. The van der Waals surface area contributed by atoms with E-state index in [1.54, 1.807) is 0 Å². The molecular formula is C16H23N3O3S. The lowest BCUT2D eigenvalue weighted by molar-refractivity contribution is -0.115. The van der Waals surface area contributed by atoms with Crippen LogP contribution in [0, 0.1) is 0 Å². The molecule has 2 aliphatic heterocycles. The zero-order valence-electron chi connectivity index (χ0n) is 13.1. The lowest BCUT2D eigenvalue weighted by atomic mass is 10.2. The van der Waals surface area contributed by atoms with Crippen LogP contribution in [0.3, 0.4) is 0 Å². The fourth-order valence-corrected chi connectivity index (χ4v) is 4.84. The summed E-state index contributed by atoms with van der Waals surface area (Å²) >= 11 is 0. The van der Waals surface area contributed by atoms with E-state index in [4.69, 9.17) is 0 Å². The van der Waals surface area contributed by atoms with Crippen LogP contribution in [0.2, 0.25) is 0 Å². The van der Waals surface area contributed by atoms with E-state index in [1.807, 2.05) is 24.3 Å². The Balaban J connectivity index is 1.46. The van der Waals surface area contributed by atoms with E-state index >= 15 is 0 Å². The van der Waals surface area contributed by atoms with E-state index in [-0.39, 0.29) is 30.0 Å². The molecule has 23 heavy (non-hydrogen) atoms. The zero-order valence-corrected chi connectivity index (χ0v) is 13.9. The fourth-order valence-electron chi connectivity index (χ4n) is 3.13. The van der Waals surface area contributed by atoms with Crippen molar-refractivity contribution in [2.75, 3.05) is 41.4 Å². The lowest BCUT2D eigenvalue weighted by Gasteiger charge is -2.18. The Bertz CT molecular complexity index is 652. The molecule has 1 aromatic carbocycles. The molecule has 0 aromatic heterocycles. The van der Waals surface area contributed by atoms with Gasteiger partial charge in [-0.1, -0.05) is 0 Å². The van der Waals surface area contributed by atoms with Gasteiger partial charge in [-0.3, -0.25) is 4.79 Å². The van der Waals surface area contributed by atoms with Crippen LogP contribution in [-0.4, -0.2) is 51.5 Å². The van der Waals surface area contributed by atoms with Crippen LogP contribution in [-0.2, 0) is 14.6 Å². The first kappa shape index (κ1) is 16.3. The summed E-state index contributed by atoms with van der Waals surface area (Å²) in [6.45, 7) is 2.33. The number of nitrogens with one attached hydrogen (secondary N) is 2. The van der Waals surface area contributed by atoms with Gasteiger partial charge in [-0.25, -0.2) is 8.42 Å². The minimum absolute atomic E-state index is 0.108. The Hall–Kier alpha value is -1.60. The molecule has 7 heteroatoms. The van der Waals surface area contributed by atoms with E-state index in [2.05, 4.69) is 15.5 Å². The average Bonchev–Trinajstić information content (AvgIpc) is 3.15. The largest absolute Gasteiger partial charge is 0.372 e. The summed E-state index contributed by atoms with van der Waals surface area (Å²) in [6.07, 6.45) is 3.06. The number of carbonyl (C=O) groups is 1. The highest BCUT2D eigenvalue weighted by Crippen LogP contribution is 2.22. The first-order valence-electron chi connectivity index (χ1n) is 8.10. The van der Waals surface area contributed by atoms with E-state index in [0.717, 1.165) is 18.8 Å². The molecule has 0 saturated carbocycles. The third-order valence-electron chi connectivity index (χ3n) is 4.41. The average molecular weight is 337 g/mol. The Morgan fingerprint density at radius 2 is 1.87 bits per heavy atom. The van der Waals surface area contributed by atoms with Gasteiger partial charge >= 0.3 is 0 Å². The summed E-state index contributed by atoms with van der Waals surface area (Å²) in [4.78, 5) is 14.3. The number of nitrogens with zero attached hydrogens (tertiary/aromatic N) is 1. The number of hydrogen-bond donors (Lipinski definition) is 2. The predicted molar refractivity (Wildman–Crippen MR) is 91.6 cm³/mol. The second kappa shape index (κ2) is 6.88. The lowest BCUT2D eigenvalue weighted by Crippen LogP contribution is -2.36. The molecule has 0 spiro atoms. The molecule has 2 N–H and O–H groups in total. The fraction of sp³-hybridized carbons (Fsp3) is 0.562. The highest BCUT2D eigenvalue weighted by Gasteiger charge is 2.27. The number of sulfone groups is 1. The van der Waals surface area contributed by atoms with Crippen LogP contribution in [0.4, 0.5) is 11.4 Å². The van der Waals surface area contributed by atoms with E-state index in [1.165, 1.54) is 18.5 Å². The summed E-state index contributed by atoms with van der Waals surface area (Å²) in [7, 11) is -2.91. The number of hydrogen-bond acceptors (Lipinski definition) is 5. The van der Waals surface area contributed by atoms with Crippen molar-refractivity contribution in [2.24, 2.45) is 0 Å². The molecule has 0 bridgehead atoms. The summed E-state index contributed by atoms with van der Waals surface area (Å²) < 4.78 is 22.7. The number of rotatable bonds is 5. The van der Waals surface area contributed by atoms with Gasteiger partial charge in [0.1, 0.15) is 0 Å². The second-order valence-electron chi connectivity index (χ2n) is 6.27. The quantitative estimate of drug-likeness (QED) is 0.838. The Kier molecular flexibility index (Phi) is 4.87. The number of anilines is 2. The van der Waals surface area contributed by atoms with E-state index in [0.29, 0.717) is 6.42 Å². The van der Waals surface area contributed by atoms with Crippen LogP contribution in [0.25, 0.3) is 0 Å². The van der Waals surface area contributed by atoms with Crippen molar-refractivity contribution >= 4 is 27.1 Å². The first-order valence-corrected chi connectivity index (χ1v) is 9.93. The van der Waals surface area contributed by atoms with Gasteiger partial charge in [-0.15, -0.1) is 0 Å². The molecule has 2 heterocycles. The van der Waals surface area contributed by atoms with Crippen LogP contribution in [0.5, 0.6) is 0 Å². The molecule has 2 saturated heterocycles. The van der Waals surface area contributed by atoms with E-state index in [9.17, 15) is 13.2 Å². The van der Waals surface area contributed by atoms with Gasteiger partial charge in [-0.05, 0) is 43.5 Å². The number of amides is 1. The Morgan fingerprint density at radius 3 is 2.48 bits per heavy atom. The third kappa shape index (κ3) is 4.45. The molecule has 1 atom stereocenters. The second-order valence-corrected chi connectivity index (χ2v) is 8.50. The van der Waals surface area contributed by atoms with Gasteiger partial charge in [0.25, 0.3) is 0 Å². The summed E-state index contributed by atoms with van der Waals surface area (Å²) in [6, 6.07) is 7.76. The number of carbonyl (C=O) groups excluding carboxylic acids is 1. The van der Waals surface area contributed by atoms with E-state index < -0.39 is 9.84 Å². The predicted octanol–water partition coefficient (Wildman–Crippen LogP) is 1.00. The molecule has 6 nitrogen and oxygen atoms in total. The van der Waals surface area contributed by atoms with Crippen LogP contribution < -0.4 is 15.5 Å². The van der Waals surface area contributed by atoms with Crippen molar-refractivity contribution in [1.29, 1.82) is 0 Å². The van der Waals surface area contributed by atoms with Crippen LogP contribution >= 0.6 is 0 Å². The molecule has 0 aliphatic carbocycles. The standard InChI is InChI=1S/C16H23N3O3S/c20-16(11-17-14-7-10-23(21,22)12-14)18-13-3-5-15(6-4-13)19-8-1-2-9-19/h3-6,14,17H,1-2,7-12H2,(H,18,20). The smallest absolute Gasteiger partial charge is 0.238 e. The molecule has 1 aromatic rings. The van der Waals surface area contributed by atoms with Gasteiger partial charge < -0.3 is 15.5 Å². The van der Waals surface area contributed by atoms with Crippen molar-refractivity contribution < 1.29 is 13.2 Å². The summed E-state index contributed by atoms with van der Waals surface area (Å²) in [5.41, 5.74) is 1.95. The molecule has 1 amide bonds. The number of benzene rings is 1. The minimum atomic E-state index is -2.91. The SMILES string of the molecule is O=C(CNC1CCS(=O)(=O)C1)Nc1ccc(N2CCCC2)cc1. The van der Waals surface area contributed by atoms with Gasteiger partial charge in [0.05, 0.1) is 18.1 Å². The zero-order chi connectivity index (χ0) is 16.3. The molecule has 126 valence electrons. The maximum absolute atomic E-state index is 11.9. The van der Waals surface area contributed by atoms with Crippen LogP contribution in [0.15, 0.2) is 24.3 Å². The van der Waals surface area contributed by atoms with Crippen molar-refractivity contribution in [1.82, 2.24) is 5.32 Å². The Morgan fingerprint density at radius 1 is 1.17 bits per heavy atom. The van der Waals surface area contributed by atoms with Crippen molar-refractivity contribution in [2.45, 2.75) is 25.3 Å². The van der Waals surface area contributed by atoms with Crippen molar-refractivity contribution in [3.63, 3.8) is 0 Å². The van der Waals surface area contributed by atoms with Gasteiger partial charge in [0, 0.05) is 30.5 Å². The topological polar surface area (TPSA) is 78.5 Å². The normalized spacial score (nSPS) is 23.1. The highest BCUT2D eigenvalue weighted by atomic mass is 32.2. The molecule has 0 radical (unpaired) electrons. The van der Waals surface area contributed by atoms with Crippen LogP contribution in [0.1, 0.15) is 19.3 Å². The maximum atomic E-state index is 11.9. The van der Waals surface area contributed by atoms with Gasteiger partial charge in [0.2, 0.25) is 5.91 Å². The molecule has 2 aliphatic rings. The van der Waals surface area contributed by atoms with Crippen molar-refractivity contribution in [3.8, 4) is 0 Å².